The summed E-state index contributed by atoms with van der Waals surface area (Å²) in [6.45, 7) is 0.0848. The fourth-order valence-corrected chi connectivity index (χ4v) is 2.50. The van der Waals surface area contributed by atoms with Gasteiger partial charge in [0, 0.05) is 19.2 Å². The molecule has 0 aliphatic rings. The Morgan fingerprint density at radius 1 is 1.24 bits per heavy atom. The lowest BCUT2D eigenvalue weighted by Gasteiger charge is -2.12. The number of aromatic nitrogens is 3. The highest BCUT2D eigenvalue weighted by atomic mass is 16.3. The monoisotopic (exact) mass is 339 g/mol. The van der Waals surface area contributed by atoms with Crippen LogP contribution in [0.25, 0.3) is 5.65 Å². The van der Waals surface area contributed by atoms with E-state index in [-0.39, 0.29) is 23.4 Å². The Balaban J connectivity index is 1.69. The number of benzene rings is 1. The van der Waals surface area contributed by atoms with Crippen LogP contribution in [0.4, 0.5) is 0 Å². The van der Waals surface area contributed by atoms with Crippen molar-refractivity contribution < 1.29 is 14.7 Å². The second-order valence-electron chi connectivity index (χ2n) is 5.54. The Hall–Kier alpha value is -3.26. The summed E-state index contributed by atoms with van der Waals surface area (Å²) in [6.07, 6.45) is 2.38. The van der Waals surface area contributed by atoms with Crippen molar-refractivity contribution in [2.75, 3.05) is 6.54 Å². The Morgan fingerprint density at radius 3 is 2.72 bits per heavy atom. The molecule has 0 aliphatic heterocycles. The molecule has 0 radical (unpaired) electrons. The van der Waals surface area contributed by atoms with Crippen molar-refractivity contribution in [3.05, 3.63) is 65.6 Å². The third kappa shape index (κ3) is 3.64. The molecule has 0 fully saturated rings. The Labute approximate surface area is 143 Å². The predicted octanol–water partition coefficient (Wildman–Crippen LogP) is 0.162. The van der Waals surface area contributed by atoms with Gasteiger partial charge in [0.15, 0.2) is 5.65 Å². The van der Waals surface area contributed by atoms with Gasteiger partial charge in [-0.15, -0.1) is 0 Å². The second-order valence-corrected chi connectivity index (χ2v) is 5.54. The third-order valence-electron chi connectivity index (χ3n) is 3.71. The maximum Gasteiger partial charge on any atom is 0.270 e. The number of nitrogens with two attached hydrogens (primary N) is 1. The van der Waals surface area contributed by atoms with Gasteiger partial charge in [-0.1, -0.05) is 30.3 Å². The molecule has 2 heterocycles. The van der Waals surface area contributed by atoms with E-state index < -0.39 is 17.9 Å². The summed E-state index contributed by atoms with van der Waals surface area (Å²) in [5.41, 5.74) is 6.79. The number of nitrogens with zero attached hydrogens (tertiary/aromatic N) is 3. The molecule has 2 aromatic heterocycles. The van der Waals surface area contributed by atoms with E-state index in [0.29, 0.717) is 6.42 Å². The van der Waals surface area contributed by atoms with E-state index >= 15 is 0 Å². The van der Waals surface area contributed by atoms with Crippen LogP contribution >= 0.6 is 0 Å². The van der Waals surface area contributed by atoms with E-state index in [1.54, 1.807) is 0 Å². The van der Waals surface area contributed by atoms with Gasteiger partial charge in [0.25, 0.3) is 11.8 Å². The van der Waals surface area contributed by atoms with Crippen LogP contribution < -0.4 is 11.1 Å². The Bertz CT molecular complexity index is 907. The molecule has 8 heteroatoms. The zero-order chi connectivity index (χ0) is 17.8. The van der Waals surface area contributed by atoms with Gasteiger partial charge in [-0.25, -0.2) is 9.50 Å². The Kier molecular flexibility index (Phi) is 4.71. The maximum absolute atomic E-state index is 12.4. The molecule has 3 rings (SSSR count). The molecule has 0 spiro atoms. The summed E-state index contributed by atoms with van der Waals surface area (Å²) in [7, 11) is 0. The third-order valence-corrected chi connectivity index (χ3v) is 3.71. The number of rotatable bonds is 6. The highest BCUT2D eigenvalue weighted by Gasteiger charge is 2.17. The summed E-state index contributed by atoms with van der Waals surface area (Å²) in [5.74, 6) is -1.10. The molecule has 2 amide bonds. The van der Waals surface area contributed by atoms with Crippen LogP contribution in [0, 0.1) is 0 Å². The quantitative estimate of drug-likeness (QED) is 0.590. The average molecular weight is 339 g/mol. The summed E-state index contributed by atoms with van der Waals surface area (Å²) < 4.78 is 1.25. The predicted molar refractivity (Wildman–Crippen MR) is 90.0 cm³/mol. The summed E-state index contributed by atoms with van der Waals surface area (Å²) in [4.78, 5) is 27.7. The van der Waals surface area contributed by atoms with Gasteiger partial charge in [0.2, 0.25) is 0 Å². The van der Waals surface area contributed by atoms with Crippen molar-refractivity contribution in [3.8, 4) is 0 Å². The molecule has 0 bridgehead atoms. The van der Waals surface area contributed by atoms with Gasteiger partial charge in [-0.05, 0) is 11.6 Å². The molecule has 0 saturated carbocycles. The van der Waals surface area contributed by atoms with E-state index in [9.17, 15) is 14.7 Å². The van der Waals surface area contributed by atoms with Gasteiger partial charge in [-0.3, -0.25) is 9.59 Å². The zero-order valence-electron chi connectivity index (χ0n) is 13.3. The lowest BCUT2D eigenvalue weighted by molar-refractivity contribution is 0.0907. The number of aliphatic hydroxyl groups is 1. The smallest absolute Gasteiger partial charge is 0.270 e. The minimum Gasteiger partial charge on any atom is -0.391 e. The molecule has 1 aromatic carbocycles. The first-order valence-electron chi connectivity index (χ1n) is 7.69. The first-order chi connectivity index (χ1) is 12.1. The van der Waals surface area contributed by atoms with E-state index in [1.807, 2.05) is 30.3 Å². The number of carbonyl (C=O) groups is 2. The minimum atomic E-state index is -0.720. The van der Waals surface area contributed by atoms with Crippen LogP contribution in [-0.4, -0.2) is 44.2 Å². The largest absolute Gasteiger partial charge is 0.391 e. The van der Waals surface area contributed by atoms with Gasteiger partial charge < -0.3 is 16.2 Å². The van der Waals surface area contributed by atoms with E-state index in [1.165, 1.54) is 23.0 Å². The average Bonchev–Trinajstić information content (AvgIpc) is 3.05. The van der Waals surface area contributed by atoms with E-state index in [4.69, 9.17) is 5.73 Å². The molecule has 8 nitrogen and oxygen atoms in total. The lowest BCUT2D eigenvalue weighted by atomic mass is 10.1. The highest BCUT2D eigenvalue weighted by molar-refractivity contribution is 5.99. The number of hydrogen-bond donors (Lipinski definition) is 3. The number of nitrogens with one attached hydrogen (secondary N) is 1. The summed E-state index contributed by atoms with van der Waals surface area (Å²) >= 11 is 0. The molecular formula is C17H17N5O3. The Morgan fingerprint density at radius 2 is 2.00 bits per heavy atom. The van der Waals surface area contributed by atoms with Crippen LogP contribution in [0.5, 0.6) is 0 Å². The molecule has 128 valence electrons. The van der Waals surface area contributed by atoms with Crippen molar-refractivity contribution in [1.29, 1.82) is 0 Å². The molecule has 0 unspecified atom stereocenters. The fourth-order valence-electron chi connectivity index (χ4n) is 2.50. The van der Waals surface area contributed by atoms with Crippen LogP contribution in [0.3, 0.4) is 0 Å². The van der Waals surface area contributed by atoms with Crippen LogP contribution in [0.1, 0.15) is 26.4 Å². The molecule has 4 N–H and O–H groups in total. The second kappa shape index (κ2) is 7.10. The number of hydrogen-bond acceptors (Lipinski definition) is 5. The number of fused-ring (bicyclic) bond motifs is 1. The zero-order valence-corrected chi connectivity index (χ0v) is 13.3. The van der Waals surface area contributed by atoms with Crippen LogP contribution in [-0.2, 0) is 6.42 Å². The lowest BCUT2D eigenvalue weighted by Crippen LogP contribution is -2.34. The van der Waals surface area contributed by atoms with Gasteiger partial charge >= 0.3 is 0 Å². The van der Waals surface area contributed by atoms with Crippen LogP contribution in [0.2, 0.25) is 0 Å². The standard InChI is InChI=1S/C17H17N5O3/c18-15(24)13-10-21-22-14(6-7-19-16(13)22)17(25)20-9-12(23)8-11-4-2-1-3-5-11/h1-7,10,12,23H,8-9H2,(H2,18,24)(H,20,25)/t12-/m0/s1. The van der Waals surface area contributed by atoms with Gasteiger partial charge in [-0.2, -0.15) is 5.10 Å². The van der Waals surface area contributed by atoms with Crippen molar-refractivity contribution >= 4 is 17.5 Å². The first kappa shape index (κ1) is 16.6. The summed E-state index contributed by atoms with van der Waals surface area (Å²) in [5, 5.41) is 16.7. The van der Waals surface area contributed by atoms with E-state index in [0.717, 1.165) is 5.56 Å². The fraction of sp³-hybridized carbons (Fsp3) is 0.176. The van der Waals surface area contributed by atoms with Crippen molar-refractivity contribution in [2.24, 2.45) is 5.73 Å². The molecular weight excluding hydrogens is 322 g/mol. The number of carbonyl (C=O) groups excluding carboxylic acids is 2. The van der Waals surface area contributed by atoms with Crippen molar-refractivity contribution in [2.45, 2.75) is 12.5 Å². The molecule has 0 aliphatic carbocycles. The number of primary amides is 1. The maximum atomic E-state index is 12.4. The SMILES string of the molecule is NC(=O)c1cnn2c(C(=O)NC[C@@H](O)Cc3ccccc3)ccnc12. The number of amides is 2. The molecule has 0 saturated heterocycles. The minimum absolute atomic E-state index is 0.0848. The first-order valence-corrected chi connectivity index (χ1v) is 7.69. The number of aliphatic hydroxyl groups excluding tert-OH is 1. The topological polar surface area (TPSA) is 123 Å². The van der Waals surface area contributed by atoms with Crippen LogP contribution in [0.15, 0.2) is 48.8 Å². The highest BCUT2D eigenvalue weighted by Crippen LogP contribution is 2.10. The van der Waals surface area contributed by atoms with E-state index in [2.05, 4.69) is 15.4 Å². The van der Waals surface area contributed by atoms with Crippen molar-refractivity contribution in [1.82, 2.24) is 19.9 Å². The molecule has 3 aromatic rings. The molecule has 1 atom stereocenters. The van der Waals surface area contributed by atoms with Gasteiger partial charge in [0.05, 0.1) is 12.3 Å². The normalized spacial score (nSPS) is 12.0. The molecule has 25 heavy (non-hydrogen) atoms. The van der Waals surface area contributed by atoms with Crippen molar-refractivity contribution in [3.63, 3.8) is 0 Å². The summed E-state index contributed by atoms with van der Waals surface area (Å²) in [6, 6.07) is 11.0. The van der Waals surface area contributed by atoms with Gasteiger partial charge in [0.1, 0.15) is 11.3 Å².